The predicted octanol–water partition coefficient (Wildman–Crippen LogP) is 1.59. The lowest BCUT2D eigenvalue weighted by Gasteiger charge is -2.15. The van der Waals surface area contributed by atoms with E-state index < -0.39 is 10.7 Å². The van der Waals surface area contributed by atoms with Crippen molar-refractivity contribution in [3.8, 4) is 0 Å². The fourth-order valence-corrected chi connectivity index (χ4v) is 2.85. The van der Waals surface area contributed by atoms with Crippen LogP contribution in [0.4, 0.5) is 0 Å². The van der Waals surface area contributed by atoms with E-state index in [4.69, 9.17) is 10.2 Å². The summed E-state index contributed by atoms with van der Waals surface area (Å²) in [6.07, 6.45) is 0. The summed E-state index contributed by atoms with van der Waals surface area (Å²) in [5, 5.41) is 19.4. The van der Waals surface area contributed by atoms with Crippen molar-refractivity contribution < 1.29 is 15.0 Å². The Labute approximate surface area is 90.0 Å². The molecule has 78 valence electrons. The Morgan fingerprint density at radius 3 is 2.79 bits per heavy atom. The van der Waals surface area contributed by atoms with E-state index in [9.17, 15) is 4.79 Å². The van der Waals surface area contributed by atoms with Crippen molar-refractivity contribution in [3.05, 3.63) is 11.1 Å². The Balaban J connectivity index is 2.73. The summed E-state index contributed by atoms with van der Waals surface area (Å²) in [6, 6.07) is 0. The number of carboxylic acids is 1. The number of thioether (sulfide) groups is 1. The first kappa shape index (κ1) is 11.5. The van der Waals surface area contributed by atoms with Gasteiger partial charge < -0.3 is 10.2 Å². The lowest BCUT2D eigenvalue weighted by Crippen LogP contribution is -2.26. The quantitative estimate of drug-likeness (QED) is 0.773. The van der Waals surface area contributed by atoms with Crippen LogP contribution in [0.1, 0.15) is 19.5 Å². The van der Waals surface area contributed by atoms with E-state index >= 15 is 0 Å². The van der Waals surface area contributed by atoms with Crippen LogP contribution in [0.2, 0.25) is 0 Å². The van der Waals surface area contributed by atoms with Gasteiger partial charge in [0, 0.05) is 5.38 Å². The maximum absolute atomic E-state index is 10.8. The van der Waals surface area contributed by atoms with Gasteiger partial charge in [0.25, 0.3) is 0 Å². The van der Waals surface area contributed by atoms with Crippen LogP contribution >= 0.6 is 23.1 Å². The fourth-order valence-electron chi connectivity index (χ4n) is 0.670. The number of hydrogen-bond donors (Lipinski definition) is 2. The van der Waals surface area contributed by atoms with Crippen molar-refractivity contribution in [2.75, 3.05) is 0 Å². The van der Waals surface area contributed by atoms with Crippen molar-refractivity contribution in [3.63, 3.8) is 0 Å². The van der Waals surface area contributed by atoms with Crippen LogP contribution in [0.15, 0.2) is 9.72 Å². The highest BCUT2D eigenvalue weighted by Crippen LogP contribution is 2.34. The third-order valence-electron chi connectivity index (χ3n) is 1.55. The van der Waals surface area contributed by atoms with Crippen LogP contribution in [0, 0.1) is 0 Å². The summed E-state index contributed by atoms with van der Waals surface area (Å²) in [5.41, 5.74) is 0.582. The highest BCUT2D eigenvalue weighted by Gasteiger charge is 2.29. The molecule has 0 saturated heterocycles. The first-order valence-corrected chi connectivity index (χ1v) is 5.63. The SMILES string of the molecule is CC(C)(Sc1nc(CO)cs1)C(=O)O. The van der Waals surface area contributed by atoms with Gasteiger partial charge in [-0.05, 0) is 13.8 Å². The zero-order valence-electron chi connectivity index (χ0n) is 7.85. The van der Waals surface area contributed by atoms with E-state index in [1.165, 1.54) is 23.1 Å². The molecule has 0 fully saturated rings. The first-order chi connectivity index (χ1) is 6.45. The molecule has 0 unspecified atom stereocenters. The van der Waals surface area contributed by atoms with E-state index in [1.807, 2.05) is 0 Å². The number of rotatable bonds is 4. The van der Waals surface area contributed by atoms with E-state index in [0.717, 1.165) is 0 Å². The van der Waals surface area contributed by atoms with Gasteiger partial charge in [-0.3, -0.25) is 4.79 Å². The maximum Gasteiger partial charge on any atom is 0.319 e. The largest absolute Gasteiger partial charge is 0.480 e. The molecule has 0 atom stereocenters. The van der Waals surface area contributed by atoms with Crippen molar-refractivity contribution in [2.45, 2.75) is 29.5 Å². The van der Waals surface area contributed by atoms with Crippen LogP contribution < -0.4 is 0 Å². The predicted molar refractivity (Wildman–Crippen MR) is 55.6 cm³/mol. The Morgan fingerprint density at radius 2 is 2.36 bits per heavy atom. The number of hydrogen-bond acceptors (Lipinski definition) is 5. The van der Waals surface area contributed by atoms with Crippen molar-refractivity contribution in [1.29, 1.82) is 0 Å². The average molecular weight is 233 g/mol. The molecule has 4 nitrogen and oxygen atoms in total. The summed E-state index contributed by atoms with van der Waals surface area (Å²) in [6.45, 7) is 3.14. The molecular formula is C8H11NO3S2. The maximum atomic E-state index is 10.8. The van der Waals surface area contributed by atoms with Gasteiger partial charge in [-0.1, -0.05) is 11.8 Å². The molecule has 14 heavy (non-hydrogen) atoms. The summed E-state index contributed by atoms with van der Waals surface area (Å²) in [5.74, 6) is -0.872. The Kier molecular flexibility index (Phi) is 3.52. The van der Waals surface area contributed by atoms with Gasteiger partial charge in [-0.25, -0.2) is 4.98 Å². The summed E-state index contributed by atoms with van der Waals surface area (Å²) in [7, 11) is 0. The number of aliphatic hydroxyl groups is 1. The molecule has 1 heterocycles. The average Bonchev–Trinajstić information content (AvgIpc) is 2.51. The molecule has 0 aliphatic heterocycles. The minimum Gasteiger partial charge on any atom is -0.480 e. The van der Waals surface area contributed by atoms with Crippen LogP contribution in [-0.4, -0.2) is 25.9 Å². The van der Waals surface area contributed by atoms with E-state index in [2.05, 4.69) is 4.98 Å². The summed E-state index contributed by atoms with van der Waals surface area (Å²) < 4.78 is -0.216. The summed E-state index contributed by atoms with van der Waals surface area (Å²) in [4.78, 5) is 14.9. The lowest BCUT2D eigenvalue weighted by molar-refractivity contribution is -0.138. The third kappa shape index (κ3) is 2.70. The van der Waals surface area contributed by atoms with E-state index in [-0.39, 0.29) is 6.61 Å². The lowest BCUT2D eigenvalue weighted by atomic mass is 10.2. The fraction of sp³-hybridized carbons (Fsp3) is 0.500. The second kappa shape index (κ2) is 4.29. The van der Waals surface area contributed by atoms with Crippen LogP contribution in [0.25, 0.3) is 0 Å². The standard InChI is InChI=1S/C8H11NO3S2/c1-8(2,6(11)12)14-7-9-5(3-10)4-13-7/h4,10H,3H2,1-2H3,(H,11,12). The molecule has 1 aromatic heterocycles. The molecular weight excluding hydrogens is 222 g/mol. The first-order valence-electron chi connectivity index (χ1n) is 3.93. The van der Waals surface area contributed by atoms with E-state index in [0.29, 0.717) is 10.0 Å². The monoisotopic (exact) mass is 233 g/mol. The second-order valence-corrected chi connectivity index (χ2v) is 5.91. The third-order valence-corrected chi connectivity index (χ3v) is 3.72. The molecule has 6 heteroatoms. The molecule has 0 amide bonds. The molecule has 0 saturated carbocycles. The molecule has 1 aromatic rings. The van der Waals surface area contributed by atoms with E-state index in [1.54, 1.807) is 19.2 Å². The Morgan fingerprint density at radius 1 is 1.71 bits per heavy atom. The highest BCUT2D eigenvalue weighted by atomic mass is 32.2. The van der Waals surface area contributed by atoms with Crippen LogP contribution in [0.5, 0.6) is 0 Å². The van der Waals surface area contributed by atoms with Crippen LogP contribution in [-0.2, 0) is 11.4 Å². The van der Waals surface area contributed by atoms with Gasteiger partial charge in [0.05, 0.1) is 12.3 Å². The molecule has 0 bridgehead atoms. The smallest absolute Gasteiger partial charge is 0.319 e. The van der Waals surface area contributed by atoms with Gasteiger partial charge in [-0.15, -0.1) is 11.3 Å². The van der Waals surface area contributed by atoms with Crippen molar-refractivity contribution >= 4 is 29.1 Å². The van der Waals surface area contributed by atoms with Gasteiger partial charge in [0.1, 0.15) is 4.75 Å². The summed E-state index contributed by atoms with van der Waals surface area (Å²) >= 11 is 2.53. The topological polar surface area (TPSA) is 70.4 Å². The number of carboxylic acid groups (broad SMARTS) is 1. The highest BCUT2D eigenvalue weighted by molar-refractivity contribution is 8.02. The number of carbonyl (C=O) groups is 1. The zero-order chi connectivity index (χ0) is 10.8. The van der Waals surface area contributed by atoms with Gasteiger partial charge in [-0.2, -0.15) is 0 Å². The molecule has 2 N–H and O–H groups in total. The molecule has 1 rings (SSSR count). The Bertz CT molecular complexity index is 335. The van der Waals surface area contributed by atoms with Gasteiger partial charge >= 0.3 is 5.97 Å². The number of aliphatic hydroxyl groups excluding tert-OH is 1. The second-order valence-electron chi connectivity index (χ2n) is 3.18. The molecule has 0 spiro atoms. The number of aliphatic carboxylic acids is 1. The molecule has 0 aromatic carbocycles. The van der Waals surface area contributed by atoms with Crippen molar-refractivity contribution in [2.24, 2.45) is 0 Å². The van der Waals surface area contributed by atoms with Crippen molar-refractivity contribution in [1.82, 2.24) is 4.98 Å². The molecule has 0 aliphatic carbocycles. The van der Waals surface area contributed by atoms with Gasteiger partial charge in [0.2, 0.25) is 0 Å². The number of nitrogens with zero attached hydrogens (tertiary/aromatic N) is 1. The minimum atomic E-state index is -0.884. The minimum absolute atomic E-state index is 0.107. The number of aromatic nitrogens is 1. The number of thiazole rings is 1. The van der Waals surface area contributed by atoms with Gasteiger partial charge in [0.15, 0.2) is 4.34 Å². The zero-order valence-corrected chi connectivity index (χ0v) is 9.48. The molecule has 0 radical (unpaired) electrons. The Hall–Kier alpha value is -0.590. The van der Waals surface area contributed by atoms with Crippen LogP contribution in [0.3, 0.4) is 0 Å². The molecule has 0 aliphatic rings. The normalized spacial score (nSPS) is 11.6.